The summed E-state index contributed by atoms with van der Waals surface area (Å²) in [5, 5.41) is 19.9. The van der Waals surface area contributed by atoms with E-state index in [9.17, 15) is 10.2 Å². The number of aliphatic hydroxyl groups excluding tert-OH is 2. The van der Waals surface area contributed by atoms with E-state index >= 15 is 0 Å². The van der Waals surface area contributed by atoms with Crippen LogP contribution in [0, 0.1) is 5.92 Å². The summed E-state index contributed by atoms with van der Waals surface area (Å²) in [5.74, 6) is 0.801. The highest BCUT2D eigenvalue weighted by atomic mass is 16.3. The van der Waals surface area contributed by atoms with E-state index < -0.39 is 0 Å². The van der Waals surface area contributed by atoms with Crippen LogP contribution in [0.1, 0.15) is 103 Å². The van der Waals surface area contributed by atoms with Crippen LogP contribution in [-0.4, -0.2) is 23.4 Å². The molecule has 0 fully saturated rings. The normalized spacial score (nSPS) is 16.2. The first-order chi connectivity index (χ1) is 15.9. The van der Waals surface area contributed by atoms with Gasteiger partial charge in [0.2, 0.25) is 0 Å². The summed E-state index contributed by atoms with van der Waals surface area (Å²) >= 11 is 0. The standard InChI is InChI=1S/C31H48O2/c1-27(18-10-8-16-24-31(3,26-33)29-21-13-7-14-22-29)17-9-4-5-15-23-30(2,25-32)28-19-11-6-12-20-28/h6-7,11-14,19-22,27,32-33H,4-5,8-10,15-18,23-26H2,1-3H3. The van der Waals surface area contributed by atoms with Gasteiger partial charge in [-0.1, -0.05) is 139 Å². The zero-order valence-electron chi connectivity index (χ0n) is 21.4. The zero-order chi connectivity index (χ0) is 24.0. The minimum atomic E-state index is -0.112. The van der Waals surface area contributed by atoms with Crippen molar-refractivity contribution in [2.24, 2.45) is 5.92 Å². The molecule has 3 unspecified atom stereocenters. The Morgan fingerprint density at radius 3 is 1.33 bits per heavy atom. The van der Waals surface area contributed by atoms with E-state index in [1.54, 1.807) is 0 Å². The van der Waals surface area contributed by atoms with Gasteiger partial charge in [-0.3, -0.25) is 0 Å². The molecule has 0 bridgehead atoms. The second-order valence-corrected chi connectivity index (χ2v) is 10.8. The Kier molecular flexibility index (Phi) is 12.2. The molecule has 184 valence electrons. The van der Waals surface area contributed by atoms with Gasteiger partial charge in [0, 0.05) is 10.8 Å². The lowest BCUT2D eigenvalue weighted by molar-refractivity contribution is 0.193. The van der Waals surface area contributed by atoms with Gasteiger partial charge in [0.25, 0.3) is 0 Å². The van der Waals surface area contributed by atoms with E-state index in [1.807, 2.05) is 12.1 Å². The highest BCUT2D eigenvalue weighted by molar-refractivity contribution is 5.25. The van der Waals surface area contributed by atoms with E-state index in [0.717, 1.165) is 18.8 Å². The predicted molar refractivity (Wildman–Crippen MR) is 142 cm³/mol. The van der Waals surface area contributed by atoms with Crippen LogP contribution in [0.5, 0.6) is 0 Å². The highest BCUT2D eigenvalue weighted by Gasteiger charge is 2.25. The molecule has 2 aromatic carbocycles. The molecular weight excluding hydrogens is 404 g/mol. The molecule has 0 aromatic heterocycles. The Morgan fingerprint density at radius 2 is 0.939 bits per heavy atom. The van der Waals surface area contributed by atoms with Crippen molar-refractivity contribution in [2.75, 3.05) is 13.2 Å². The summed E-state index contributed by atoms with van der Waals surface area (Å²) in [6, 6.07) is 20.9. The van der Waals surface area contributed by atoms with Crippen molar-refractivity contribution < 1.29 is 10.2 Å². The summed E-state index contributed by atoms with van der Waals surface area (Å²) in [7, 11) is 0. The number of unbranched alkanes of at least 4 members (excludes halogenated alkanes) is 5. The summed E-state index contributed by atoms with van der Waals surface area (Å²) < 4.78 is 0. The van der Waals surface area contributed by atoms with Crippen molar-refractivity contribution in [1.29, 1.82) is 0 Å². The van der Waals surface area contributed by atoms with Crippen molar-refractivity contribution in [3.8, 4) is 0 Å². The largest absolute Gasteiger partial charge is 0.395 e. The lowest BCUT2D eigenvalue weighted by atomic mass is 9.78. The highest BCUT2D eigenvalue weighted by Crippen LogP contribution is 2.31. The van der Waals surface area contributed by atoms with Crippen LogP contribution in [0.4, 0.5) is 0 Å². The SMILES string of the molecule is CC(CCCCCCC(C)(CO)c1ccccc1)CCCCCC(C)(CO)c1ccccc1. The van der Waals surface area contributed by atoms with E-state index in [4.69, 9.17) is 0 Å². The summed E-state index contributed by atoms with van der Waals surface area (Å²) in [4.78, 5) is 0. The molecule has 2 heteroatoms. The van der Waals surface area contributed by atoms with Crippen LogP contribution < -0.4 is 0 Å². The first kappa shape index (κ1) is 27.6. The molecule has 2 aromatic rings. The fourth-order valence-electron chi connectivity index (χ4n) is 5.00. The molecule has 0 spiro atoms. The molecule has 0 aliphatic carbocycles. The van der Waals surface area contributed by atoms with Crippen LogP contribution in [0.25, 0.3) is 0 Å². The number of hydrogen-bond donors (Lipinski definition) is 2. The lowest BCUT2D eigenvalue weighted by Crippen LogP contribution is -2.26. The van der Waals surface area contributed by atoms with Crippen molar-refractivity contribution in [3.63, 3.8) is 0 Å². The van der Waals surface area contributed by atoms with Crippen LogP contribution in [0.2, 0.25) is 0 Å². The second kappa shape index (κ2) is 14.6. The summed E-state index contributed by atoms with van der Waals surface area (Å²) in [6.45, 7) is 7.22. The van der Waals surface area contributed by atoms with Crippen LogP contribution in [0.15, 0.2) is 60.7 Å². The summed E-state index contributed by atoms with van der Waals surface area (Å²) in [5.41, 5.74) is 2.29. The molecule has 0 saturated heterocycles. The summed E-state index contributed by atoms with van der Waals surface area (Å²) in [6.07, 6.45) is 13.5. The quantitative estimate of drug-likeness (QED) is 0.240. The Balaban J connectivity index is 1.54. The van der Waals surface area contributed by atoms with Gasteiger partial charge in [0.15, 0.2) is 0 Å². The first-order valence-corrected chi connectivity index (χ1v) is 13.3. The minimum absolute atomic E-state index is 0.110. The van der Waals surface area contributed by atoms with Crippen LogP contribution in [0.3, 0.4) is 0 Å². The average Bonchev–Trinajstić information content (AvgIpc) is 2.86. The Labute approximate surface area is 203 Å². The van der Waals surface area contributed by atoms with Gasteiger partial charge in [-0.05, 0) is 29.9 Å². The van der Waals surface area contributed by atoms with E-state index in [0.29, 0.717) is 0 Å². The van der Waals surface area contributed by atoms with Crippen molar-refractivity contribution in [1.82, 2.24) is 0 Å². The maximum absolute atomic E-state index is 9.95. The Bertz CT molecular complexity index is 744. The molecule has 0 aliphatic rings. The van der Waals surface area contributed by atoms with Gasteiger partial charge in [-0.25, -0.2) is 0 Å². The van der Waals surface area contributed by atoms with Crippen molar-refractivity contribution in [2.45, 2.75) is 102 Å². The molecule has 0 heterocycles. The number of hydrogen-bond acceptors (Lipinski definition) is 2. The molecule has 33 heavy (non-hydrogen) atoms. The van der Waals surface area contributed by atoms with E-state index in [1.165, 1.54) is 68.9 Å². The fourth-order valence-corrected chi connectivity index (χ4v) is 5.00. The van der Waals surface area contributed by atoms with Gasteiger partial charge in [-0.15, -0.1) is 0 Å². The third kappa shape index (κ3) is 9.26. The molecule has 3 atom stereocenters. The van der Waals surface area contributed by atoms with Gasteiger partial charge < -0.3 is 10.2 Å². The number of aliphatic hydroxyl groups is 2. The Hall–Kier alpha value is -1.64. The monoisotopic (exact) mass is 452 g/mol. The van der Waals surface area contributed by atoms with Gasteiger partial charge >= 0.3 is 0 Å². The molecule has 0 radical (unpaired) electrons. The smallest absolute Gasteiger partial charge is 0.0525 e. The third-order valence-electron chi connectivity index (χ3n) is 7.74. The molecule has 2 nitrogen and oxygen atoms in total. The molecule has 2 rings (SSSR count). The topological polar surface area (TPSA) is 40.5 Å². The molecular formula is C31H48O2. The fraction of sp³-hybridized carbons (Fsp3) is 0.613. The number of rotatable bonds is 17. The molecule has 0 saturated carbocycles. The van der Waals surface area contributed by atoms with E-state index in [-0.39, 0.29) is 24.0 Å². The lowest BCUT2D eigenvalue weighted by Gasteiger charge is -2.28. The Morgan fingerprint density at radius 1 is 0.576 bits per heavy atom. The number of benzene rings is 2. The molecule has 0 amide bonds. The van der Waals surface area contributed by atoms with Crippen LogP contribution >= 0.6 is 0 Å². The zero-order valence-corrected chi connectivity index (χ0v) is 21.4. The van der Waals surface area contributed by atoms with Crippen molar-refractivity contribution in [3.05, 3.63) is 71.8 Å². The maximum atomic E-state index is 9.95. The van der Waals surface area contributed by atoms with Crippen LogP contribution in [-0.2, 0) is 10.8 Å². The minimum Gasteiger partial charge on any atom is -0.395 e. The van der Waals surface area contributed by atoms with Gasteiger partial charge in [-0.2, -0.15) is 0 Å². The van der Waals surface area contributed by atoms with Gasteiger partial charge in [0.05, 0.1) is 13.2 Å². The predicted octanol–water partition coefficient (Wildman–Crippen LogP) is 7.81. The van der Waals surface area contributed by atoms with Crippen molar-refractivity contribution >= 4 is 0 Å². The maximum Gasteiger partial charge on any atom is 0.0525 e. The van der Waals surface area contributed by atoms with Gasteiger partial charge in [0.1, 0.15) is 0 Å². The average molecular weight is 453 g/mol. The molecule has 0 aliphatic heterocycles. The first-order valence-electron chi connectivity index (χ1n) is 13.3. The third-order valence-corrected chi connectivity index (χ3v) is 7.74. The molecule has 2 N–H and O–H groups in total. The van der Waals surface area contributed by atoms with E-state index in [2.05, 4.69) is 69.3 Å². The second-order valence-electron chi connectivity index (χ2n) is 10.8.